The zero-order chi connectivity index (χ0) is 11.1. The first-order valence-electron chi connectivity index (χ1n) is 5.18. The summed E-state index contributed by atoms with van der Waals surface area (Å²) in [5.74, 6) is 1.43. The van der Waals surface area contributed by atoms with Crippen LogP contribution in [0.4, 0.5) is 0 Å². The van der Waals surface area contributed by atoms with Gasteiger partial charge in [0.2, 0.25) is 0 Å². The van der Waals surface area contributed by atoms with Crippen LogP contribution in [0, 0.1) is 5.92 Å². The van der Waals surface area contributed by atoms with Crippen LogP contribution in [0.25, 0.3) is 0 Å². The molecule has 0 bridgehead atoms. The van der Waals surface area contributed by atoms with E-state index in [1.54, 1.807) is 18.2 Å². The molecule has 0 aliphatic rings. The summed E-state index contributed by atoms with van der Waals surface area (Å²) in [7, 11) is 0. The van der Waals surface area contributed by atoms with E-state index in [1.807, 2.05) is 6.07 Å². The van der Waals surface area contributed by atoms with E-state index in [0.29, 0.717) is 24.9 Å². The first-order valence-corrected chi connectivity index (χ1v) is 5.18. The molecule has 0 spiro atoms. The van der Waals surface area contributed by atoms with E-state index >= 15 is 0 Å². The summed E-state index contributed by atoms with van der Waals surface area (Å²) in [6.07, 6.45) is 0. The maximum Gasteiger partial charge on any atom is 0.123 e. The molecule has 0 aromatic heterocycles. The Morgan fingerprint density at radius 2 is 2.07 bits per heavy atom. The smallest absolute Gasteiger partial charge is 0.123 e. The highest BCUT2D eigenvalue weighted by Crippen LogP contribution is 2.17. The molecule has 84 valence electrons. The van der Waals surface area contributed by atoms with E-state index in [0.717, 1.165) is 6.61 Å². The quantitative estimate of drug-likeness (QED) is 0.733. The number of phenols is 1. The van der Waals surface area contributed by atoms with Crippen molar-refractivity contribution >= 4 is 0 Å². The largest absolute Gasteiger partial charge is 0.508 e. The minimum absolute atomic E-state index is 0.218. The first kappa shape index (κ1) is 11.9. The van der Waals surface area contributed by atoms with Gasteiger partial charge in [-0.1, -0.05) is 19.9 Å². The zero-order valence-electron chi connectivity index (χ0n) is 9.27. The lowest BCUT2D eigenvalue weighted by molar-refractivity contribution is 0.0818. The summed E-state index contributed by atoms with van der Waals surface area (Å²) in [5, 5.41) is 9.18. The Morgan fingerprint density at radius 1 is 1.27 bits per heavy atom. The molecule has 1 rings (SSSR count). The third kappa shape index (κ3) is 5.27. The molecule has 0 radical (unpaired) electrons. The molecule has 0 aliphatic heterocycles. The molecular formula is C12H18O3. The van der Waals surface area contributed by atoms with Crippen LogP contribution in [0.1, 0.15) is 13.8 Å². The van der Waals surface area contributed by atoms with E-state index in [9.17, 15) is 5.11 Å². The highest BCUT2D eigenvalue weighted by molar-refractivity contribution is 5.31. The number of hydrogen-bond acceptors (Lipinski definition) is 3. The van der Waals surface area contributed by atoms with Crippen molar-refractivity contribution in [1.82, 2.24) is 0 Å². The van der Waals surface area contributed by atoms with Gasteiger partial charge < -0.3 is 14.6 Å². The molecular weight excluding hydrogens is 192 g/mol. The van der Waals surface area contributed by atoms with Crippen molar-refractivity contribution < 1.29 is 14.6 Å². The number of rotatable bonds is 6. The van der Waals surface area contributed by atoms with Crippen LogP contribution in [0.2, 0.25) is 0 Å². The summed E-state index contributed by atoms with van der Waals surface area (Å²) in [6.45, 7) is 6.06. The molecule has 0 atom stereocenters. The number of ether oxygens (including phenoxy) is 2. The number of benzene rings is 1. The van der Waals surface area contributed by atoms with Gasteiger partial charge in [0.1, 0.15) is 18.1 Å². The molecule has 0 saturated heterocycles. The van der Waals surface area contributed by atoms with E-state index in [2.05, 4.69) is 13.8 Å². The van der Waals surface area contributed by atoms with Gasteiger partial charge in [-0.05, 0) is 18.1 Å². The van der Waals surface area contributed by atoms with E-state index in [4.69, 9.17) is 9.47 Å². The van der Waals surface area contributed by atoms with Gasteiger partial charge in [0.15, 0.2) is 0 Å². The van der Waals surface area contributed by atoms with Crippen LogP contribution in [0.15, 0.2) is 24.3 Å². The van der Waals surface area contributed by atoms with Crippen LogP contribution in [-0.4, -0.2) is 24.9 Å². The second-order valence-electron chi connectivity index (χ2n) is 3.81. The van der Waals surface area contributed by atoms with Crippen LogP contribution in [0.5, 0.6) is 11.5 Å². The topological polar surface area (TPSA) is 38.7 Å². The highest BCUT2D eigenvalue weighted by Gasteiger charge is 1.96. The second-order valence-corrected chi connectivity index (χ2v) is 3.81. The van der Waals surface area contributed by atoms with Crippen molar-refractivity contribution in [2.75, 3.05) is 19.8 Å². The molecule has 1 N–H and O–H groups in total. The lowest BCUT2D eigenvalue weighted by atomic mass is 10.2. The van der Waals surface area contributed by atoms with Gasteiger partial charge in [0, 0.05) is 12.7 Å². The van der Waals surface area contributed by atoms with Gasteiger partial charge in [-0.15, -0.1) is 0 Å². The van der Waals surface area contributed by atoms with Gasteiger partial charge in [-0.2, -0.15) is 0 Å². The molecule has 1 aromatic carbocycles. The van der Waals surface area contributed by atoms with E-state index in [1.165, 1.54) is 0 Å². The monoisotopic (exact) mass is 210 g/mol. The van der Waals surface area contributed by atoms with Crippen molar-refractivity contribution in [2.24, 2.45) is 5.92 Å². The van der Waals surface area contributed by atoms with Crippen molar-refractivity contribution in [3.63, 3.8) is 0 Å². The fraction of sp³-hybridized carbons (Fsp3) is 0.500. The fourth-order valence-electron chi connectivity index (χ4n) is 1.11. The van der Waals surface area contributed by atoms with E-state index < -0.39 is 0 Å². The summed E-state index contributed by atoms with van der Waals surface area (Å²) in [6, 6.07) is 6.76. The van der Waals surface area contributed by atoms with Crippen LogP contribution < -0.4 is 4.74 Å². The number of hydrogen-bond donors (Lipinski definition) is 1. The van der Waals surface area contributed by atoms with Gasteiger partial charge in [0.05, 0.1) is 6.61 Å². The Labute approximate surface area is 90.6 Å². The maximum atomic E-state index is 9.18. The zero-order valence-corrected chi connectivity index (χ0v) is 9.27. The average molecular weight is 210 g/mol. The Balaban J connectivity index is 2.15. The first-order chi connectivity index (χ1) is 7.18. The lowest BCUT2D eigenvalue weighted by Crippen LogP contribution is -2.10. The number of aromatic hydroxyl groups is 1. The molecule has 1 aromatic rings. The van der Waals surface area contributed by atoms with Gasteiger partial charge >= 0.3 is 0 Å². The minimum Gasteiger partial charge on any atom is -0.508 e. The molecule has 0 unspecified atom stereocenters. The molecule has 0 aliphatic carbocycles. The minimum atomic E-state index is 0.218. The predicted octanol–water partition coefficient (Wildman–Crippen LogP) is 2.44. The summed E-state index contributed by atoms with van der Waals surface area (Å²) in [4.78, 5) is 0. The summed E-state index contributed by atoms with van der Waals surface area (Å²) >= 11 is 0. The Morgan fingerprint density at radius 3 is 2.73 bits per heavy atom. The second kappa shape index (κ2) is 6.30. The molecule has 0 heterocycles. The van der Waals surface area contributed by atoms with Gasteiger partial charge in [-0.3, -0.25) is 0 Å². The molecule has 15 heavy (non-hydrogen) atoms. The van der Waals surface area contributed by atoms with Crippen molar-refractivity contribution in [2.45, 2.75) is 13.8 Å². The predicted molar refractivity (Wildman–Crippen MR) is 59.3 cm³/mol. The van der Waals surface area contributed by atoms with Crippen molar-refractivity contribution in [3.05, 3.63) is 24.3 Å². The lowest BCUT2D eigenvalue weighted by Gasteiger charge is -2.08. The molecule has 0 amide bonds. The number of phenolic OH excluding ortho intramolecular Hbond substituents is 1. The molecule has 0 fully saturated rings. The average Bonchev–Trinajstić information content (AvgIpc) is 2.17. The Bertz CT molecular complexity index is 284. The normalized spacial score (nSPS) is 10.6. The highest BCUT2D eigenvalue weighted by atomic mass is 16.5. The van der Waals surface area contributed by atoms with Crippen LogP contribution in [-0.2, 0) is 4.74 Å². The van der Waals surface area contributed by atoms with E-state index in [-0.39, 0.29) is 5.75 Å². The van der Waals surface area contributed by atoms with Crippen LogP contribution in [0.3, 0.4) is 0 Å². The molecule has 0 saturated carbocycles. The molecule has 3 heteroatoms. The Kier molecular flexibility index (Phi) is 4.98. The third-order valence-corrected chi connectivity index (χ3v) is 1.77. The van der Waals surface area contributed by atoms with Crippen LogP contribution >= 0.6 is 0 Å². The standard InChI is InChI=1S/C12H18O3/c1-10(2)9-14-6-7-15-12-5-3-4-11(13)8-12/h3-5,8,10,13H,6-7,9H2,1-2H3. The molecule has 3 nitrogen and oxygen atoms in total. The summed E-state index contributed by atoms with van der Waals surface area (Å²) in [5.41, 5.74) is 0. The maximum absolute atomic E-state index is 9.18. The van der Waals surface area contributed by atoms with Gasteiger partial charge in [-0.25, -0.2) is 0 Å². The summed E-state index contributed by atoms with van der Waals surface area (Å²) < 4.78 is 10.7. The van der Waals surface area contributed by atoms with Gasteiger partial charge in [0.25, 0.3) is 0 Å². The Hall–Kier alpha value is -1.22. The SMILES string of the molecule is CC(C)COCCOc1cccc(O)c1. The third-order valence-electron chi connectivity index (χ3n) is 1.77. The fourth-order valence-corrected chi connectivity index (χ4v) is 1.11. The van der Waals surface area contributed by atoms with Crippen molar-refractivity contribution in [1.29, 1.82) is 0 Å². The van der Waals surface area contributed by atoms with Crippen molar-refractivity contribution in [3.8, 4) is 11.5 Å².